The van der Waals surface area contributed by atoms with E-state index in [9.17, 15) is 4.79 Å². The molecular formula is C32H36N2O4. The van der Waals surface area contributed by atoms with Crippen molar-refractivity contribution in [2.75, 3.05) is 43.7 Å². The van der Waals surface area contributed by atoms with Crippen LogP contribution in [-0.2, 0) is 14.3 Å². The number of benzene rings is 3. The number of methoxy groups -OCH3 is 1. The molecule has 1 heterocycles. The van der Waals surface area contributed by atoms with Crippen molar-refractivity contribution in [1.82, 2.24) is 0 Å². The van der Waals surface area contributed by atoms with Crippen LogP contribution in [0.1, 0.15) is 31.7 Å². The Labute approximate surface area is 225 Å². The molecule has 198 valence electrons. The number of fused-ring (bicyclic) bond motifs is 1. The van der Waals surface area contributed by atoms with Gasteiger partial charge in [-0.3, -0.25) is 4.79 Å². The highest BCUT2D eigenvalue weighted by Gasteiger charge is 2.26. The molecule has 0 aliphatic carbocycles. The molecule has 0 saturated carbocycles. The lowest BCUT2D eigenvalue weighted by Crippen LogP contribution is -2.25. The van der Waals surface area contributed by atoms with Gasteiger partial charge < -0.3 is 24.4 Å². The van der Waals surface area contributed by atoms with E-state index in [4.69, 9.17) is 14.2 Å². The molecule has 1 N–H and O–H groups in total. The number of nitrogens with one attached hydrogen (secondary N) is 1. The van der Waals surface area contributed by atoms with Crippen LogP contribution in [0.25, 0.3) is 5.57 Å². The molecule has 0 unspecified atom stereocenters. The van der Waals surface area contributed by atoms with Gasteiger partial charge in [0, 0.05) is 43.1 Å². The molecule has 0 spiro atoms. The van der Waals surface area contributed by atoms with Gasteiger partial charge in [0.25, 0.3) is 0 Å². The summed E-state index contributed by atoms with van der Waals surface area (Å²) in [7, 11) is 1.66. The van der Waals surface area contributed by atoms with Crippen molar-refractivity contribution < 1.29 is 19.0 Å². The van der Waals surface area contributed by atoms with Crippen LogP contribution in [0.4, 0.5) is 17.1 Å². The summed E-state index contributed by atoms with van der Waals surface area (Å²) in [5.41, 5.74) is 4.57. The molecule has 6 heteroatoms. The first kappa shape index (κ1) is 27.2. The molecule has 1 aliphatic rings. The lowest BCUT2D eigenvalue weighted by molar-refractivity contribution is -0.114. The number of carbonyl (C=O) groups is 1. The van der Waals surface area contributed by atoms with Crippen molar-refractivity contribution in [3.05, 3.63) is 102 Å². The van der Waals surface area contributed by atoms with E-state index < -0.39 is 0 Å². The lowest BCUT2D eigenvalue weighted by Gasteiger charge is -2.19. The Kier molecular flexibility index (Phi) is 10.1. The molecule has 3 aromatic carbocycles. The van der Waals surface area contributed by atoms with Crippen LogP contribution in [0, 0.1) is 0 Å². The highest BCUT2D eigenvalue weighted by atomic mass is 16.5. The van der Waals surface area contributed by atoms with E-state index in [1.807, 2.05) is 84.9 Å². The molecule has 0 fully saturated rings. The maximum atomic E-state index is 13.0. The molecule has 0 aromatic heterocycles. The van der Waals surface area contributed by atoms with Crippen molar-refractivity contribution in [1.29, 1.82) is 0 Å². The molecular weight excluding hydrogens is 476 g/mol. The number of nitrogens with zero attached hydrogens (tertiary/aromatic N) is 1. The van der Waals surface area contributed by atoms with Crippen LogP contribution in [0.2, 0.25) is 0 Å². The third kappa shape index (κ3) is 7.34. The van der Waals surface area contributed by atoms with Gasteiger partial charge in [-0.25, -0.2) is 0 Å². The van der Waals surface area contributed by atoms with Crippen LogP contribution in [0.3, 0.4) is 0 Å². The predicted molar refractivity (Wildman–Crippen MR) is 154 cm³/mol. The van der Waals surface area contributed by atoms with E-state index >= 15 is 0 Å². The van der Waals surface area contributed by atoms with Gasteiger partial charge >= 0.3 is 0 Å². The third-order valence-electron chi connectivity index (χ3n) is 6.19. The second kappa shape index (κ2) is 14.2. The largest absolute Gasteiger partial charge is 0.439 e. The topological polar surface area (TPSA) is 60.0 Å². The average molecular weight is 513 g/mol. The average Bonchev–Trinajstić information content (AvgIpc) is 3.29. The van der Waals surface area contributed by atoms with E-state index in [0.717, 1.165) is 46.8 Å². The Hall–Kier alpha value is -3.87. The van der Waals surface area contributed by atoms with Crippen molar-refractivity contribution in [3.8, 4) is 5.75 Å². The first-order valence-corrected chi connectivity index (χ1v) is 13.2. The monoisotopic (exact) mass is 512 g/mol. The number of unbranched alkanes of at least 4 members (excludes halogenated alkanes) is 1. The summed E-state index contributed by atoms with van der Waals surface area (Å²) in [6, 6.07) is 26.0. The molecule has 6 nitrogen and oxygen atoms in total. The van der Waals surface area contributed by atoms with Crippen molar-refractivity contribution in [3.63, 3.8) is 0 Å². The van der Waals surface area contributed by atoms with Crippen LogP contribution >= 0.6 is 0 Å². The van der Waals surface area contributed by atoms with Crippen LogP contribution in [0.15, 0.2) is 96.9 Å². The Morgan fingerprint density at radius 3 is 2.53 bits per heavy atom. The number of allylic oxidation sites excluding steroid dienone is 3. The zero-order valence-corrected chi connectivity index (χ0v) is 22.2. The Balaban J connectivity index is 1.69. The molecule has 0 atom stereocenters. The zero-order chi connectivity index (χ0) is 26.6. The van der Waals surface area contributed by atoms with Crippen LogP contribution in [0.5, 0.6) is 5.75 Å². The van der Waals surface area contributed by atoms with Gasteiger partial charge in [0.15, 0.2) is 11.5 Å². The van der Waals surface area contributed by atoms with Gasteiger partial charge in [0.05, 0.1) is 25.5 Å². The van der Waals surface area contributed by atoms with Crippen molar-refractivity contribution >= 4 is 28.4 Å². The first-order chi connectivity index (χ1) is 18.7. The smallest absolute Gasteiger partial charge is 0.201 e. The fourth-order valence-electron chi connectivity index (χ4n) is 4.24. The normalized spacial score (nSPS) is 13.9. The SMILES string of the molecule is CCCCC(=O)/C=C(/C=C1\Oc2ccccc2N1CCOCCOC)c1ccccc1Nc1ccccc1. The Bertz CT molecular complexity index is 1250. The number of para-hydroxylation sites is 4. The Morgan fingerprint density at radius 1 is 0.947 bits per heavy atom. The standard InChI is InChI=1S/C32H36N2O4/c1-3-4-14-27(35)23-25(28-15-8-9-16-29(28)33-26-12-6-5-7-13-26)24-32-34(19-20-37-22-21-36-2)30-17-10-11-18-31(30)38-32/h5-13,15-18,23-24,33H,3-4,14,19-22H2,1-2H3/b25-23-,32-24-. The molecule has 38 heavy (non-hydrogen) atoms. The highest BCUT2D eigenvalue weighted by Crippen LogP contribution is 2.40. The van der Waals surface area contributed by atoms with Crippen LogP contribution < -0.4 is 15.0 Å². The number of hydrogen-bond acceptors (Lipinski definition) is 6. The fraction of sp³-hybridized carbons (Fsp3) is 0.281. The van der Waals surface area contributed by atoms with Crippen LogP contribution in [-0.4, -0.2) is 39.3 Å². The van der Waals surface area contributed by atoms with E-state index in [1.165, 1.54) is 0 Å². The van der Waals surface area contributed by atoms with E-state index in [2.05, 4.69) is 17.1 Å². The number of hydrogen-bond donors (Lipinski definition) is 1. The molecule has 0 amide bonds. The summed E-state index contributed by atoms with van der Waals surface area (Å²) in [5, 5.41) is 3.51. The van der Waals surface area contributed by atoms with Crippen molar-refractivity contribution in [2.24, 2.45) is 0 Å². The molecule has 0 radical (unpaired) electrons. The van der Waals surface area contributed by atoms with Gasteiger partial charge in [0.2, 0.25) is 5.88 Å². The third-order valence-corrected chi connectivity index (χ3v) is 6.19. The molecule has 4 rings (SSSR count). The second-order valence-corrected chi connectivity index (χ2v) is 9.02. The summed E-state index contributed by atoms with van der Waals surface area (Å²) >= 11 is 0. The van der Waals surface area contributed by atoms with E-state index in [1.54, 1.807) is 13.2 Å². The fourth-order valence-corrected chi connectivity index (χ4v) is 4.24. The summed E-state index contributed by atoms with van der Waals surface area (Å²) in [6.07, 6.45) is 6.04. The second-order valence-electron chi connectivity index (χ2n) is 9.02. The lowest BCUT2D eigenvalue weighted by atomic mass is 10.00. The number of anilines is 3. The summed E-state index contributed by atoms with van der Waals surface area (Å²) in [5.74, 6) is 1.53. The maximum absolute atomic E-state index is 13.0. The van der Waals surface area contributed by atoms with Crippen molar-refractivity contribution in [2.45, 2.75) is 26.2 Å². The van der Waals surface area contributed by atoms with E-state index in [-0.39, 0.29) is 5.78 Å². The first-order valence-electron chi connectivity index (χ1n) is 13.2. The van der Waals surface area contributed by atoms with Gasteiger partial charge in [-0.15, -0.1) is 0 Å². The minimum atomic E-state index is 0.0955. The zero-order valence-electron chi connectivity index (χ0n) is 22.2. The summed E-state index contributed by atoms with van der Waals surface area (Å²) in [4.78, 5) is 15.1. The molecule has 1 aliphatic heterocycles. The highest BCUT2D eigenvalue weighted by molar-refractivity contribution is 6.01. The number of carbonyl (C=O) groups excluding carboxylic acids is 1. The number of ketones is 1. The Morgan fingerprint density at radius 2 is 1.71 bits per heavy atom. The summed E-state index contributed by atoms with van der Waals surface area (Å²) in [6.45, 7) is 4.29. The molecule has 0 saturated heterocycles. The van der Waals surface area contributed by atoms with Gasteiger partial charge in [-0.1, -0.05) is 61.9 Å². The summed E-state index contributed by atoms with van der Waals surface area (Å²) < 4.78 is 17.2. The number of ether oxygens (including phenoxy) is 3. The molecule has 0 bridgehead atoms. The quantitative estimate of drug-likeness (QED) is 0.186. The van der Waals surface area contributed by atoms with Gasteiger partial charge in [-0.2, -0.15) is 0 Å². The minimum Gasteiger partial charge on any atom is -0.439 e. The van der Waals surface area contributed by atoms with Gasteiger partial charge in [0.1, 0.15) is 0 Å². The maximum Gasteiger partial charge on any atom is 0.201 e. The predicted octanol–water partition coefficient (Wildman–Crippen LogP) is 6.98. The van der Waals surface area contributed by atoms with Gasteiger partial charge in [-0.05, 0) is 48.4 Å². The molecule has 3 aromatic rings. The van der Waals surface area contributed by atoms with E-state index in [0.29, 0.717) is 38.7 Å². The minimum absolute atomic E-state index is 0.0955. The number of rotatable bonds is 14.